The van der Waals surface area contributed by atoms with Crippen LogP contribution in [0.2, 0.25) is 0 Å². The molecule has 1 amide bonds. The maximum Gasteiger partial charge on any atom is 0.225 e. The Morgan fingerprint density at radius 3 is 2.71 bits per heavy atom. The molecule has 0 bridgehead atoms. The third kappa shape index (κ3) is 3.07. The predicted molar refractivity (Wildman–Crippen MR) is 86.4 cm³/mol. The molecule has 1 aromatic rings. The van der Waals surface area contributed by atoms with E-state index in [0.29, 0.717) is 0 Å². The Labute approximate surface area is 127 Å². The molecule has 0 radical (unpaired) electrons. The number of anilines is 1. The third-order valence-electron chi connectivity index (χ3n) is 5.16. The highest BCUT2D eigenvalue weighted by Crippen LogP contribution is 2.31. The van der Waals surface area contributed by atoms with Crippen LogP contribution >= 0.6 is 0 Å². The number of benzene rings is 1. The number of fused-ring (bicyclic) bond motifs is 1. The summed E-state index contributed by atoms with van der Waals surface area (Å²) < 4.78 is 0. The van der Waals surface area contributed by atoms with Gasteiger partial charge in [0.15, 0.2) is 0 Å². The summed E-state index contributed by atoms with van der Waals surface area (Å²) >= 11 is 0. The van der Waals surface area contributed by atoms with Gasteiger partial charge in [-0.25, -0.2) is 0 Å². The van der Waals surface area contributed by atoms with Gasteiger partial charge in [0, 0.05) is 17.3 Å². The Hall–Kier alpha value is -1.51. The van der Waals surface area contributed by atoms with Crippen molar-refractivity contribution in [3.8, 4) is 0 Å². The number of amides is 1. The summed E-state index contributed by atoms with van der Waals surface area (Å²) in [5.74, 6) is 0.243. The fraction of sp³-hybridized carbons (Fsp3) is 0.611. The highest BCUT2D eigenvalue weighted by molar-refractivity contribution is 5.82. The van der Waals surface area contributed by atoms with Gasteiger partial charge in [0.2, 0.25) is 5.91 Å². The number of para-hydroxylation sites is 1. The van der Waals surface area contributed by atoms with E-state index in [2.05, 4.69) is 36.6 Å². The van der Waals surface area contributed by atoms with Crippen molar-refractivity contribution < 1.29 is 4.79 Å². The highest BCUT2D eigenvalue weighted by atomic mass is 16.2. The van der Waals surface area contributed by atoms with Crippen LogP contribution in [-0.4, -0.2) is 17.5 Å². The molecule has 1 heterocycles. The van der Waals surface area contributed by atoms with Gasteiger partial charge in [-0.1, -0.05) is 37.5 Å². The van der Waals surface area contributed by atoms with Crippen LogP contribution in [0.3, 0.4) is 0 Å². The summed E-state index contributed by atoms with van der Waals surface area (Å²) in [6.45, 7) is 4.32. The summed E-state index contributed by atoms with van der Waals surface area (Å²) in [7, 11) is 0. The molecule has 0 aromatic heterocycles. The van der Waals surface area contributed by atoms with Gasteiger partial charge in [0.1, 0.15) is 0 Å². The Morgan fingerprint density at radius 2 is 1.95 bits per heavy atom. The molecule has 1 aliphatic carbocycles. The second kappa shape index (κ2) is 5.70. The SMILES string of the molecule is CC1Nc2ccccc2CC1C(=O)NC1(C)CCCCC1. The molecule has 1 aromatic carbocycles. The van der Waals surface area contributed by atoms with Gasteiger partial charge >= 0.3 is 0 Å². The average Bonchev–Trinajstić information content (AvgIpc) is 2.46. The average molecular weight is 286 g/mol. The zero-order valence-corrected chi connectivity index (χ0v) is 13.1. The maximum absolute atomic E-state index is 12.7. The number of carbonyl (C=O) groups is 1. The maximum atomic E-state index is 12.7. The first-order valence-electron chi connectivity index (χ1n) is 8.24. The van der Waals surface area contributed by atoms with E-state index in [4.69, 9.17) is 0 Å². The minimum atomic E-state index is 0.00597. The van der Waals surface area contributed by atoms with Crippen molar-refractivity contribution in [2.75, 3.05) is 5.32 Å². The molecule has 0 spiro atoms. The summed E-state index contributed by atoms with van der Waals surface area (Å²) in [6, 6.07) is 8.50. The molecule has 1 fully saturated rings. The minimum Gasteiger partial charge on any atom is -0.382 e. The molecule has 2 N–H and O–H groups in total. The zero-order chi connectivity index (χ0) is 14.9. The lowest BCUT2D eigenvalue weighted by molar-refractivity contribution is -0.127. The predicted octanol–water partition coefficient (Wildman–Crippen LogP) is 3.50. The molecule has 21 heavy (non-hydrogen) atoms. The van der Waals surface area contributed by atoms with Crippen LogP contribution in [0.5, 0.6) is 0 Å². The minimum absolute atomic E-state index is 0.00597. The van der Waals surface area contributed by atoms with Gasteiger partial charge in [-0.05, 0) is 44.7 Å². The third-order valence-corrected chi connectivity index (χ3v) is 5.16. The lowest BCUT2D eigenvalue weighted by Gasteiger charge is -2.38. The van der Waals surface area contributed by atoms with Crippen molar-refractivity contribution in [3.63, 3.8) is 0 Å². The van der Waals surface area contributed by atoms with Crippen molar-refractivity contribution in [2.45, 2.75) is 64.0 Å². The second-order valence-corrected chi connectivity index (χ2v) is 7.01. The van der Waals surface area contributed by atoms with Crippen molar-refractivity contribution in [3.05, 3.63) is 29.8 Å². The van der Waals surface area contributed by atoms with Crippen molar-refractivity contribution in [2.24, 2.45) is 5.92 Å². The molecule has 0 saturated heterocycles. The summed E-state index contributed by atoms with van der Waals surface area (Å²) in [6.07, 6.45) is 6.84. The first-order chi connectivity index (χ1) is 10.1. The van der Waals surface area contributed by atoms with Crippen molar-refractivity contribution in [1.82, 2.24) is 5.32 Å². The summed E-state index contributed by atoms with van der Waals surface area (Å²) in [5, 5.41) is 6.83. The van der Waals surface area contributed by atoms with E-state index in [0.717, 1.165) is 19.3 Å². The molecule has 2 aliphatic rings. The second-order valence-electron chi connectivity index (χ2n) is 7.01. The normalized spacial score (nSPS) is 27.3. The van der Waals surface area contributed by atoms with E-state index in [1.807, 2.05) is 12.1 Å². The number of hydrogen-bond acceptors (Lipinski definition) is 2. The first-order valence-corrected chi connectivity index (χ1v) is 8.24. The molecule has 114 valence electrons. The Kier molecular flexibility index (Phi) is 3.92. The smallest absolute Gasteiger partial charge is 0.225 e. The monoisotopic (exact) mass is 286 g/mol. The molecule has 2 unspecified atom stereocenters. The van der Waals surface area contributed by atoms with Crippen LogP contribution in [0.25, 0.3) is 0 Å². The van der Waals surface area contributed by atoms with Gasteiger partial charge in [-0.3, -0.25) is 4.79 Å². The highest BCUT2D eigenvalue weighted by Gasteiger charge is 2.35. The van der Waals surface area contributed by atoms with Crippen LogP contribution in [-0.2, 0) is 11.2 Å². The van der Waals surface area contributed by atoms with Gasteiger partial charge in [-0.2, -0.15) is 0 Å². The van der Waals surface area contributed by atoms with E-state index in [9.17, 15) is 4.79 Å². The van der Waals surface area contributed by atoms with Gasteiger partial charge < -0.3 is 10.6 Å². The molecule has 3 nitrogen and oxygen atoms in total. The molecular weight excluding hydrogens is 260 g/mol. The first kappa shape index (κ1) is 14.4. The quantitative estimate of drug-likeness (QED) is 0.873. The number of rotatable bonds is 2. The standard InChI is InChI=1S/C18H26N2O/c1-13-15(12-14-8-4-5-9-16(14)19-13)17(21)20-18(2)10-6-3-7-11-18/h4-5,8-9,13,15,19H,3,6-7,10-12H2,1-2H3,(H,20,21). The van der Waals surface area contributed by atoms with Crippen LogP contribution in [0, 0.1) is 5.92 Å². The van der Waals surface area contributed by atoms with Crippen LogP contribution in [0.4, 0.5) is 5.69 Å². The molecule has 3 heteroatoms. The molecule has 2 atom stereocenters. The Balaban J connectivity index is 1.70. The van der Waals surface area contributed by atoms with Crippen molar-refractivity contribution in [1.29, 1.82) is 0 Å². The number of carbonyl (C=O) groups excluding carboxylic acids is 1. The Bertz CT molecular complexity index is 520. The van der Waals surface area contributed by atoms with Gasteiger partial charge in [-0.15, -0.1) is 0 Å². The van der Waals surface area contributed by atoms with E-state index in [-0.39, 0.29) is 23.4 Å². The zero-order valence-electron chi connectivity index (χ0n) is 13.1. The Morgan fingerprint density at radius 1 is 1.24 bits per heavy atom. The lowest BCUT2D eigenvalue weighted by atomic mass is 9.81. The van der Waals surface area contributed by atoms with E-state index in [1.54, 1.807) is 0 Å². The van der Waals surface area contributed by atoms with E-state index >= 15 is 0 Å². The van der Waals surface area contributed by atoms with Crippen LogP contribution in [0.15, 0.2) is 24.3 Å². The molecular formula is C18H26N2O. The van der Waals surface area contributed by atoms with Crippen molar-refractivity contribution >= 4 is 11.6 Å². The van der Waals surface area contributed by atoms with E-state index in [1.165, 1.54) is 30.5 Å². The van der Waals surface area contributed by atoms with Crippen LogP contribution < -0.4 is 10.6 Å². The fourth-order valence-corrected chi connectivity index (χ4v) is 3.77. The number of nitrogens with one attached hydrogen (secondary N) is 2. The fourth-order valence-electron chi connectivity index (χ4n) is 3.77. The molecule has 3 rings (SSSR count). The number of hydrogen-bond donors (Lipinski definition) is 2. The van der Waals surface area contributed by atoms with E-state index < -0.39 is 0 Å². The van der Waals surface area contributed by atoms with Gasteiger partial charge in [0.25, 0.3) is 0 Å². The molecule has 1 aliphatic heterocycles. The summed E-state index contributed by atoms with van der Waals surface area (Å²) in [4.78, 5) is 12.7. The summed E-state index contributed by atoms with van der Waals surface area (Å²) in [5.41, 5.74) is 2.44. The molecule has 1 saturated carbocycles. The van der Waals surface area contributed by atoms with Crippen LogP contribution in [0.1, 0.15) is 51.5 Å². The topological polar surface area (TPSA) is 41.1 Å². The largest absolute Gasteiger partial charge is 0.382 e. The lowest BCUT2D eigenvalue weighted by Crippen LogP contribution is -2.52. The van der Waals surface area contributed by atoms with Gasteiger partial charge in [0.05, 0.1) is 5.92 Å².